The minimum atomic E-state index is 0.538. The lowest BCUT2D eigenvalue weighted by Crippen LogP contribution is -2.29. The van der Waals surface area contributed by atoms with Crippen LogP contribution in [0.25, 0.3) is 0 Å². The molecular formula is C11H17N3. The van der Waals surface area contributed by atoms with Gasteiger partial charge < -0.3 is 4.90 Å². The van der Waals surface area contributed by atoms with Crippen LogP contribution in [-0.4, -0.2) is 22.6 Å². The third-order valence-corrected chi connectivity index (χ3v) is 2.73. The Labute approximate surface area is 85.2 Å². The molecule has 0 spiro atoms. The third kappa shape index (κ3) is 1.47. The smallest absolute Gasteiger partial charge is 0.135 e. The topological polar surface area (TPSA) is 29.0 Å². The summed E-state index contributed by atoms with van der Waals surface area (Å²) in [6, 6.07) is 0.538. The molecule has 3 heteroatoms. The summed E-state index contributed by atoms with van der Waals surface area (Å²) in [5.41, 5.74) is 1.30. The van der Waals surface area contributed by atoms with E-state index >= 15 is 0 Å². The monoisotopic (exact) mass is 191 g/mol. The first-order valence-corrected chi connectivity index (χ1v) is 5.33. The van der Waals surface area contributed by atoms with Crippen molar-refractivity contribution >= 4 is 5.82 Å². The maximum Gasteiger partial charge on any atom is 0.135 e. The molecule has 0 atom stereocenters. The summed E-state index contributed by atoms with van der Waals surface area (Å²) < 4.78 is 0. The first-order valence-electron chi connectivity index (χ1n) is 5.33. The molecule has 1 aromatic rings. The number of fused-ring (bicyclic) bond motifs is 1. The van der Waals surface area contributed by atoms with Crippen molar-refractivity contribution in [3.8, 4) is 0 Å². The van der Waals surface area contributed by atoms with Gasteiger partial charge in [-0.05, 0) is 20.3 Å². The van der Waals surface area contributed by atoms with Gasteiger partial charge in [0.15, 0.2) is 0 Å². The SMILES string of the molecule is CCc1ncc2c(n1)N(C(C)C)CC2. The maximum absolute atomic E-state index is 4.59. The Morgan fingerprint density at radius 3 is 2.93 bits per heavy atom. The molecule has 0 aliphatic carbocycles. The maximum atomic E-state index is 4.59. The number of rotatable bonds is 2. The second-order valence-electron chi connectivity index (χ2n) is 4.03. The molecule has 0 unspecified atom stereocenters. The molecule has 0 N–H and O–H groups in total. The fraction of sp³-hybridized carbons (Fsp3) is 0.636. The lowest BCUT2D eigenvalue weighted by molar-refractivity contribution is 0.700. The van der Waals surface area contributed by atoms with Crippen molar-refractivity contribution in [2.45, 2.75) is 39.7 Å². The Kier molecular flexibility index (Phi) is 2.40. The molecule has 0 radical (unpaired) electrons. The molecule has 0 saturated heterocycles. The van der Waals surface area contributed by atoms with Crippen LogP contribution in [0.3, 0.4) is 0 Å². The average Bonchev–Trinajstić information content (AvgIpc) is 2.59. The zero-order valence-electron chi connectivity index (χ0n) is 9.12. The Balaban J connectivity index is 2.37. The van der Waals surface area contributed by atoms with E-state index in [-0.39, 0.29) is 0 Å². The Morgan fingerprint density at radius 1 is 1.50 bits per heavy atom. The largest absolute Gasteiger partial charge is 0.354 e. The van der Waals surface area contributed by atoms with Gasteiger partial charge in [-0.25, -0.2) is 9.97 Å². The third-order valence-electron chi connectivity index (χ3n) is 2.73. The van der Waals surface area contributed by atoms with Crippen LogP contribution in [0.15, 0.2) is 6.20 Å². The summed E-state index contributed by atoms with van der Waals surface area (Å²) in [5.74, 6) is 2.11. The lowest BCUT2D eigenvalue weighted by atomic mass is 10.3. The molecule has 3 nitrogen and oxygen atoms in total. The van der Waals surface area contributed by atoms with E-state index in [1.165, 1.54) is 5.56 Å². The summed E-state index contributed by atoms with van der Waals surface area (Å²) in [6.45, 7) is 7.61. The fourth-order valence-electron chi connectivity index (χ4n) is 1.88. The van der Waals surface area contributed by atoms with Crippen LogP contribution in [0.4, 0.5) is 5.82 Å². The zero-order chi connectivity index (χ0) is 10.1. The van der Waals surface area contributed by atoms with Crippen molar-refractivity contribution in [3.63, 3.8) is 0 Å². The predicted octanol–water partition coefficient (Wildman–Crippen LogP) is 1.81. The van der Waals surface area contributed by atoms with Crippen LogP contribution in [0, 0.1) is 0 Å². The second-order valence-corrected chi connectivity index (χ2v) is 4.03. The molecule has 0 saturated carbocycles. The summed E-state index contributed by atoms with van der Waals surface area (Å²) in [7, 11) is 0. The number of hydrogen-bond donors (Lipinski definition) is 0. The molecule has 0 fully saturated rings. The first-order chi connectivity index (χ1) is 6.72. The van der Waals surface area contributed by atoms with Gasteiger partial charge in [-0.2, -0.15) is 0 Å². The highest BCUT2D eigenvalue weighted by molar-refractivity contribution is 5.51. The normalized spacial score (nSPS) is 15.0. The highest BCUT2D eigenvalue weighted by Gasteiger charge is 2.23. The zero-order valence-corrected chi connectivity index (χ0v) is 9.12. The van der Waals surface area contributed by atoms with Crippen LogP contribution in [0.1, 0.15) is 32.2 Å². The van der Waals surface area contributed by atoms with Gasteiger partial charge in [0.05, 0.1) is 0 Å². The van der Waals surface area contributed by atoms with Gasteiger partial charge in [-0.3, -0.25) is 0 Å². The first kappa shape index (κ1) is 9.44. The molecule has 2 rings (SSSR count). The Hall–Kier alpha value is -1.12. The highest BCUT2D eigenvalue weighted by Crippen LogP contribution is 2.26. The van der Waals surface area contributed by atoms with E-state index in [1.807, 2.05) is 6.20 Å². The van der Waals surface area contributed by atoms with Crippen molar-refractivity contribution in [3.05, 3.63) is 17.6 Å². The molecule has 1 aliphatic heterocycles. The van der Waals surface area contributed by atoms with Crippen LogP contribution in [0.5, 0.6) is 0 Å². The average molecular weight is 191 g/mol. The van der Waals surface area contributed by atoms with Crippen molar-refractivity contribution in [1.82, 2.24) is 9.97 Å². The van der Waals surface area contributed by atoms with Gasteiger partial charge in [0.2, 0.25) is 0 Å². The van der Waals surface area contributed by atoms with Crippen molar-refractivity contribution in [2.75, 3.05) is 11.4 Å². The Morgan fingerprint density at radius 2 is 2.29 bits per heavy atom. The van der Waals surface area contributed by atoms with E-state index in [0.29, 0.717) is 6.04 Å². The van der Waals surface area contributed by atoms with Crippen LogP contribution in [-0.2, 0) is 12.8 Å². The second kappa shape index (κ2) is 3.56. The van der Waals surface area contributed by atoms with Gasteiger partial charge in [0.1, 0.15) is 11.6 Å². The molecule has 1 aliphatic rings. The molecule has 0 aromatic carbocycles. The van der Waals surface area contributed by atoms with Crippen molar-refractivity contribution < 1.29 is 0 Å². The number of hydrogen-bond acceptors (Lipinski definition) is 3. The predicted molar refractivity (Wildman–Crippen MR) is 57.6 cm³/mol. The standard InChI is InChI=1S/C11H17N3/c1-4-10-12-7-9-5-6-14(8(2)3)11(9)13-10/h7-8H,4-6H2,1-3H3. The van der Waals surface area contributed by atoms with Crippen LogP contribution in [0.2, 0.25) is 0 Å². The Bertz CT molecular complexity index is 333. The molecule has 76 valence electrons. The van der Waals surface area contributed by atoms with E-state index in [9.17, 15) is 0 Å². The fourth-order valence-corrected chi connectivity index (χ4v) is 1.88. The lowest BCUT2D eigenvalue weighted by Gasteiger charge is -2.22. The van der Waals surface area contributed by atoms with E-state index in [0.717, 1.165) is 31.0 Å². The minimum absolute atomic E-state index is 0.538. The minimum Gasteiger partial charge on any atom is -0.354 e. The number of aryl methyl sites for hydroxylation is 1. The number of anilines is 1. The van der Waals surface area contributed by atoms with Crippen molar-refractivity contribution in [2.24, 2.45) is 0 Å². The summed E-state index contributed by atoms with van der Waals surface area (Å²) in [5, 5.41) is 0. The number of nitrogens with zero attached hydrogens (tertiary/aromatic N) is 3. The van der Waals surface area contributed by atoms with Gasteiger partial charge >= 0.3 is 0 Å². The van der Waals surface area contributed by atoms with E-state index in [4.69, 9.17) is 0 Å². The van der Waals surface area contributed by atoms with Gasteiger partial charge in [0, 0.05) is 30.8 Å². The highest BCUT2D eigenvalue weighted by atomic mass is 15.2. The summed E-state index contributed by atoms with van der Waals surface area (Å²) >= 11 is 0. The molecule has 0 amide bonds. The molecule has 14 heavy (non-hydrogen) atoms. The van der Waals surface area contributed by atoms with Crippen molar-refractivity contribution in [1.29, 1.82) is 0 Å². The van der Waals surface area contributed by atoms with Crippen LogP contribution < -0.4 is 4.90 Å². The summed E-state index contributed by atoms with van der Waals surface area (Å²) in [4.78, 5) is 11.3. The molecule has 2 heterocycles. The van der Waals surface area contributed by atoms with Crippen LogP contribution >= 0.6 is 0 Å². The molecule has 0 bridgehead atoms. The van der Waals surface area contributed by atoms with Gasteiger partial charge in [-0.15, -0.1) is 0 Å². The van der Waals surface area contributed by atoms with Gasteiger partial charge in [0.25, 0.3) is 0 Å². The summed E-state index contributed by atoms with van der Waals surface area (Å²) in [6.07, 6.45) is 4.00. The van der Waals surface area contributed by atoms with Gasteiger partial charge in [-0.1, -0.05) is 6.92 Å². The van der Waals surface area contributed by atoms with E-state index < -0.39 is 0 Å². The quantitative estimate of drug-likeness (QED) is 0.714. The van der Waals surface area contributed by atoms with E-state index in [1.54, 1.807) is 0 Å². The molecule has 1 aromatic heterocycles. The molecular weight excluding hydrogens is 174 g/mol. The number of aromatic nitrogens is 2. The van der Waals surface area contributed by atoms with E-state index in [2.05, 4.69) is 35.6 Å².